The Kier molecular flexibility index (Phi) is 3.39. The van der Waals surface area contributed by atoms with Gasteiger partial charge in [-0.25, -0.2) is 0 Å². The Balaban J connectivity index is 3.00. The van der Waals surface area contributed by atoms with Crippen LogP contribution in [0.15, 0.2) is 18.2 Å². The monoisotopic (exact) mass is 192 g/mol. The van der Waals surface area contributed by atoms with E-state index in [1.807, 2.05) is 0 Å². The third kappa shape index (κ3) is 2.19. The predicted molar refractivity (Wildman–Crippen MR) is 64.5 cm³/mol. The van der Waals surface area contributed by atoms with Crippen molar-refractivity contribution in [2.75, 3.05) is 37.5 Å². The maximum absolute atomic E-state index is 2.24. The summed E-state index contributed by atoms with van der Waals surface area (Å²) >= 11 is 0. The summed E-state index contributed by atoms with van der Waals surface area (Å²) in [5, 5.41) is 0. The highest BCUT2D eigenvalue weighted by Gasteiger charge is 2.03. The summed E-state index contributed by atoms with van der Waals surface area (Å²) in [6, 6.07) is 6.58. The van der Waals surface area contributed by atoms with Gasteiger partial charge in [-0.3, -0.25) is 0 Å². The molecule has 0 unspecified atom stereocenters. The molecule has 2 nitrogen and oxygen atoms in total. The van der Waals surface area contributed by atoms with E-state index >= 15 is 0 Å². The van der Waals surface area contributed by atoms with Gasteiger partial charge in [-0.15, -0.1) is 0 Å². The lowest BCUT2D eigenvalue weighted by Gasteiger charge is -2.21. The van der Waals surface area contributed by atoms with E-state index in [4.69, 9.17) is 0 Å². The van der Waals surface area contributed by atoms with Crippen molar-refractivity contribution in [1.29, 1.82) is 0 Å². The highest BCUT2D eigenvalue weighted by atomic mass is 15.1. The lowest BCUT2D eigenvalue weighted by atomic mass is 10.1. The Morgan fingerprint density at radius 2 is 1.79 bits per heavy atom. The Labute approximate surface area is 87.1 Å². The van der Waals surface area contributed by atoms with Crippen LogP contribution >= 0.6 is 0 Å². The molecule has 0 atom stereocenters. The Hall–Kier alpha value is -1.18. The molecule has 0 aliphatic rings. The van der Waals surface area contributed by atoms with Gasteiger partial charge in [-0.2, -0.15) is 0 Å². The summed E-state index contributed by atoms with van der Waals surface area (Å²) in [7, 11) is 6.27. The minimum Gasteiger partial charge on any atom is -0.377 e. The molecule has 0 aliphatic carbocycles. The quantitative estimate of drug-likeness (QED) is 0.726. The number of nitrogens with zero attached hydrogens (tertiary/aromatic N) is 2. The van der Waals surface area contributed by atoms with E-state index in [9.17, 15) is 0 Å². The first-order chi connectivity index (χ1) is 6.56. The molecule has 1 aromatic carbocycles. The normalized spacial score (nSPS) is 10.1. The Morgan fingerprint density at radius 1 is 1.14 bits per heavy atom. The summed E-state index contributed by atoms with van der Waals surface area (Å²) < 4.78 is 0. The molecule has 1 rings (SSSR count). The number of benzene rings is 1. The summed E-state index contributed by atoms with van der Waals surface area (Å²) in [6.45, 7) is 5.36. The minimum absolute atomic E-state index is 1.04. The second-order valence-corrected chi connectivity index (χ2v) is 3.88. The molecule has 0 aromatic heterocycles. The molecule has 78 valence electrons. The molecule has 14 heavy (non-hydrogen) atoms. The number of rotatable bonds is 3. The van der Waals surface area contributed by atoms with Gasteiger partial charge in [0.2, 0.25) is 0 Å². The fraction of sp³-hybridized carbons (Fsp3) is 0.500. The maximum atomic E-state index is 2.24. The number of hydrogen-bond acceptors (Lipinski definition) is 2. The van der Waals surface area contributed by atoms with Gasteiger partial charge in [0.15, 0.2) is 0 Å². The molecule has 0 N–H and O–H groups in total. The first-order valence-electron chi connectivity index (χ1n) is 5.05. The molecule has 0 fully saturated rings. The fourth-order valence-electron chi connectivity index (χ4n) is 1.56. The zero-order valence-corrected chi connectivity index (χ0v) is 9.83. The SMILES string of the molecule is CCN(C)c1ccc(N(C)C)c(C)c1. The van der Waals surface area contributed by atoms with Gasteiger partial charge in [0, 0.05) is 39.1 Å². The number of anilines is 2. The number of aryl methyl sites for hydroxylation is 1. The van der Waals surface area contributed by atoms with Crippen molar-refractivity contribution in [1.82, 2.24) is 0 Å². The third-order valence-electron chi connectivity index (χ3n) is 2.58. The molecule has 0 heterocycles. The van der Waals surface area contributed by atoms with Crippen molar-refractivity contribution < 1.29 is 0 Å². The highest BCUT2D eigenvalue weighted by molar-refractivity contribution is 5.60. The number of hydrogen-bond donors (Lipinski definition) is 0. The van der Waals surface area contributed by atoms with E-state index in [0.29, 0.717) is 0 Å². The Bertz CT molecular complexity index is 305. The van der Waals surface area contributed by atoms with Crippen LogP contribution in [0.3, 0.4) is 0 Å². The molecule has 0 radical (unpaired) electrons. The molecule has 2 heteroatoms. The standard InChI is InChI=1S/C12H20N2/c1-6-14(5)11-7-8-12(13(3)4)10(2)9-11/h7-9H,6H2,1-5H3. The topological polar surface area (TPSA) is 6.48 Å². The zero-order chi connectivity index (χ0) is 10.7. The Morgan fingerprint density at radius 3 is 2.21 bits per heavy atom. The van der Waals surface area contributed by atoms with Crippen molar-refractivity contribution >= 4 is 11.4 Å². The zero-order valence-electron chi connectivity index (χ0n) is 9.83. The lowest BCUT2D eigenvalue weighted by molar-refractivity contribution is 0.965. The van der Waals surface area contributed by atoms with Crippen molar-refractivity contribution in [3.63, 3.8) is 0 Å². The molecule has 0 amide bonds. The van der Waals surface area contributed by atoms with Gasteiger partial charge in [0.25, 0.3) is 0 Å². The van der Waals surface area contributed by atoms with Crippen LogP contribution in [0.4, 0.5) is 11.4 Å². The van der Waals surface area contributed by atoms with E-state index in [2.05, 4.69) is 63.0 Å². The molecule has 0 saturated carbocycles. The molecule has 0 aliphatic heterocycles. The summed E-state index contributed by atoms with van der Waals surface area (Å²) in [6.07, 6.45) is 0. The summed E-state index contributed by atoms with van der Waals surface area (Å²) in [5.41, 5.74) is 3.90. The fourth-order valence-corrected chi connectivity index (χ4v) is 1.56. The molecular formula is C12H20N2. The van der Waals surface area contributed by atoms with Gasteiger partial charge in [0.1, 0.15) is 0 Å². The predicted octanol–water partition coefficient (Wildman–Crippen LogP) is 2.52. The largest absolute Gasteiger partial charge is 0.377 e. The van der Waals surface area contributed by atoms with Crippen LogP contribution in [-0.2, 0) is 0 Å². The molecule has 0 saturated heterocycles. The van der Waals surface area contributed by atoms with E-state index in [0.717, 1.165) is 6.54 Å². The van der Waals surface area contributed by atoms with Gasteiger partial charge in [-0.1, -0.05) is 0 Å². The third-order valence-corrected chi connectivity index (χ3v) is 2.58. The highest BCUT2D eigenvalue weighted by Crippen LogP contribution is 2.23. The van der Waals surface area contributed by atoms with E-state index in [1.54, 1.807) is 0 Å². The molecule has 1 aromatic rings. The van der Waals surface area contributed by atoms with Crippen LogP contribution in [0.5, 0.6) is 0 Å². The van der Waals surface area contributed by atoms with Crippen LogP contribution in [0.25, 0.3) is 0 Å². The second-order valence-electron chi connectivity index (χ2n) is 3.88. The molecule has 0 spiro atoms. The van der Waals surface area contributed by atoms with Crippen molar-refractivity contribution in [2.45, 2.75) is 13.8 Å². The smallest absolute Gasteiger partial charge is 0.0392 e. The van der Waals surface area contributed by atoms with Crippen LogP contribution in [0.1, 0.15) is 12.5 Å². The summed E-state index contributed by atoms with van der Waals surface area (Å²) in [5.74, 6) is 0. The summed E-state index contributed by atoms with van der Waals surface area (Å²) in [4.78, 5) is 4.39. The van der Waals surface area contributed by atoms with Crippen LogP contribution in [0, 0.1) is 6.92 Å². The average Bonchev–Trinajstić information content (AvgIpc) is 2.15. The average molecular weight is 192 g/mol. The lowest BCUT2D eigenvalue weighted by Crippen LogP contribution is -2.16. The van der Waals surface area contributed by atoms with Crippen LogP contribution in [0.2, 0.25) is 0 Å². The molecular weight excluding hydrogens is 172 g/mol. The van der Waals surface area contributed by atoms with Crippen LogP contribution < -0.4 is 9.80 Å². The first-order valence-corrected chi connectivity index (χ1v) is 5.05. The first kappa shape index (κ1) is 10.9. The van der Waals surface area contributed by atoms with Gasteiger partial charge in [0.05, 0.1) is 0 Å². The molecule has 0 bridgehead atoms. The van der Waals surface area contributed by atoms with E-state index in [-0.39, 0.29) is 0 Å². The van der Waals surface area contributed by atoms with E-state index < -0.39 is 0 Å². The minimum atomic E-state index is 1.04. The second kappa shape index (κ2) is 4.36. The van der Waals surface area contributed by atoms with E-state index in [1.165, 1.54) is 16.9 Å². The van der Waals surface area contributed by atoms with Crippen molar-refractivity contribution in [3.05, 3.63) is 23.8 Å². The van der Waals surface area contributed by atoms with Gasteiger partial charge < -0.3 is 9.80 Å². The van der Waals surface area contributed by atoms with Crippen molar-refractivity contribution in [3.8, 4) is 0 Å². The van der Waals surface area contributed by atoms with Crippen LogP contribution in [-0.4, -0.2) is 27.7 Å². The van der Waals surface area contributed by atoms with Gasteiger partial charge in [-0.05, 0) is 37.6 Å². The maximum Gasteiger partial charge on any atom is 0.0392 e. The van der Waals surface area contributed by atoms with Gasteiger partial charge >= 0.3 is 0 Å². The van der Waals surface area contributed by atoms with Crippen molar-refractivity contribution in [2.24, 2.45) is 0 Å².